The van der Waals surface area contributed by atoms with Gasteiger partial charge in [0.2, 0.25) is 5.91 Å². The van der Waals surface area contributed by atoms with Crippen LogP contribution < -0.4 is 24.8 Å². The molecule has 0 bridgehead atoms. The van der Waals surface area contributed by atoms with Gasteiger partial charge in [-0.2, -0.15) is 8.78 Å². The Morgan fingerprint density at radius 2 is 2.09 bits per heavy atom. The van der Waals surface area contributed by atoms with Gasteiger partial charge in [0.1, 0.15) is 17.0 Å². The Bertz CT molecular complexity index is 1140. The molecule has 0 spiro atoms. The van der Waals surface area contributed by atoms with Crippen molar-refractivity contribution in [1.29, 1.82) is 0 Å². The lowest BCUT2D eigenvalue weighted by Crippen LogP contribution is -2.40. The third-order valence-corrected chi connectivity index (χ3v) is 5.78. The lowest BCUT2D eigenvalue weighted by molar-refractivity contribution is -0.135. The maximum Gasteiger partial charge on any atom is 0.387 e. The first-order valence-electron chi connectivity index (χ1n) is 10.4. The van der Waals surface area contributed by atoms with Crippen molar-refractivity contribution in [2.75, 3.05) is 19.8 Å². The molecular weight excluding hydrogens is 458 g/mol. The molecule has 2 aromatic rings. The molecular formula is C22H24F2N2O6S. The molecule has 3 rings (SSSR count). The molecule has 0 saturated carbocycles. The summed E-state index contributed by atoms with van der Waals surface area (Å²) in [5.74, 6) is -1.03. The van der Waals surface area contributed by atoms with Crippen molar-refractivity contribution in [3.8, 4) is 5.75 Å². The van der Waals surface area contributed by atoms with Gasteiger partial charge in [-0.15, -0.1) is 11.3 Å². The van der Waals surface area contributed by atoms with Crippen molar-refractivity contribution in [3.63, 3.8) is 0 Å². The molecule has 1 fully saturated rings. The fraction of sp³-hybridized carbons (Fsp3) is 0.409. The van der Waals surface area contributed by atoms with E-state index in [4.69, 9.17) is 9.47 Å². The minimum absolute atomic E-state index is 0.00927. The van der Waals surface area contributed by atoms with Gasteiger partial charge in [-0.25, -0.2) is 4.79 Å². The van der Waals surface area contributed by atoms with Crippen molar-refractivity contribution in [1.82, 2.24) is 9.88 Å². The molecule has 1 atom stereocenters. The second-order valence-electron chi connectivity index (χ2n) is 7.12. The lowest BCUT2D eigenvalue weighted by Gasteiger charge is -2.10. The van der Waals surface area contributed by atoms with E-state index in [0.29, 0.717) is 18.7 Å². The van der Waals surface area contributed by atoms with Crippen molar-refractivity contribution < 1.29 is 32.6 Å². The van der Waals surface area contributed by atoms with Crippen LogP contribution in [0.15, 0.2) is 29.1 Å². The van der Waals surface area contributed by atoms with E-state index in [9.17, 15) is 23.2 Å². The second kappa shape index (κ2) is 11.7. The molecule has 1 aliphatic rings. The number of alkyl halides is 2. The first-order chi connectivity index (χ1) is 15.9. The Morgan fingerprint density at radius 1 is 1.33 bits per heavy atom. The van der Waals surface area contributed by atoms with Gasteiger partial charge in [-0.05, 0) is 43.5 Å². The molecule has 1 aliphatic heterocycles. The number of hydrogen-bond acceptors (Lipinski definition) is 7. The van der Waals surface area contributed by atoms with Crippen LogP contribution in [0.5, 0.6) is 5.75 Å². The first kappa shape index (κ1) is 24.6. The number of aromatic nitrogens is 1. The highest BCUT2D eigenvalue weighted by Gasteiger charge is 2.17. The summed E-state index contributed by atoms with van der Waals surface area (Å²) in [6.07, 6.45) is 4.47. The highest BCUT2D eigenvalue weighted by Crippen LogP contribution is 2.15. The number of rotatable bonds is 9. The molecule has 33 heavy (non-hydrogen) atoms. The Morgan fingerprint density at radius 3 is 2.73 bits per heavy atom. The molecule has 0 radical (unpaired) electrons. The monoisotopic (exact) mass is 482 g/mol. The SMILES string of the molecule is CCOC(=O)C=c1sc(=Cc2ccc(OC(F)F)cc2)c(=O)n1CC(=O)NCC1CCCO1. The van der Waals surface area contributed by atoms with Crippen LogP contribution in [-0.4, -0.2) is 48.9 Å². The number of halogens is 2. The van der Waals surface area contributed by atoms with Crippen LogP contribution in [0.1, 0.15) is 25.3 Å². The standard InChI is InChI=1S/C22H24F2N2O6S/c1-2-30-20(28)11-19-26(13-18(27)25-12-16-4-3-9-31-16)21(29)17(33-19)10-14-5-7-15(8-6-14)32-22(23)24/h5-8,10-11,16,22H,2-4,9,12-13H2,1H3,(H,25,27). The summed E-state index contributed by atoms with van der Waals surface area (Å²) in [5.41, 5.74) is 0.100. The number of thiazole rings is 1. The van der Waals surface area contributed by atoms with Crippen LogP contribution in [0, 0.1) is 0 Å². The fourth-order valence-electron chi connectivity index (χ4n) is 3.21. The Balaban J connectivity index is 1.87. The van der Waals surface area contributed by atoms with Crippen LogP contribution in [0.4, 0.5) is 8.78 Å². The molecule has 1 saturated heterocycles. The van der Waals surface area contributed by atoms with Gasteiger partial charge in [0.25, 0.3) is 5.56 Å². The second-order valence-corrected chi connectivity index (χ2v) is 8.19. The van der Waals surface area contributed by atoms with Crippen molar-refractivity contribution in [3.05, 3.63) is 49.4 Å². The van der Waals surface area contributed by atoms with E-state index in [2.05, 4.69) is 10.1 Å². The fourth-order valence-corrected chi connectivity index (χ4v) is 4.24. The normalized spacial score (nSPS) is 16.9. The zero-order valence-corrected chi connectivity index (χ0v) is 18.7. The summed E-state index contributed by atoms with van der Waals surface area (Å²) in [5, 5.41) is 2.75. The van der Waals surface area contributed by atoms with Crippen LogP contribution in [0.3, 0.4) is 0 Å². The summed E-state index contributed by atoms with van der Waals surface area (Å²) < 4.78 is 41.1. The van der Waals surface area contributed by atoms with Gasteiger partial charge >= 0.3 is 12.6 Å². The molecule has 1 aromatic carbocycles. The van der Waals surface area contributed by atoms with Gasteiger partial charge in [-0.3, -0.25) is 14.2 Å². The Hall–Kier alpha value is -3.05. The molecule has 178 valence electrons. The minimum atomic E-state index is -2.93. The molecule has 8 nitrogen and oxygen atoms in total. The number of esters is 1. The van der Waals surface area contributed by atoms with Crippen molar-refractivity contribution in [2.24, 2.45) is 0 Å². The van der Waals surface area contributed by atoms with E-state index in [-0.39, 0.29) is 40.1 Å². The largest absolute Gasteiger partial charge is 0.463 e. The van der Waals surface area contributed by atoms with Crippen LogP contribution in [0.2, 0.25) is 0 Å². The molecule has 1 N–H and O–H groups in total. The summed E-state index contributed by atoms with van der Waals surface area (Å²) in [6.45, 7) is -0.372. The maximum absolute atomic E-state index is 13.0. The zero-order chi connectivity index (χ0) is 23.8. The minimum Gasteiger partial charge on any atom is -0.463 e. The molecule has 11 heteroatoms. The average Bonchev–Trinajstić information content (AvgIpc) is 3.38. The van der Waals surface area contributed by atoms with E-state index >= 15 is 0 Å². The lowest BCUT2D eigenvalue weighted by atomic mass is 10.2. The summed E-state index contributed by atoms with van der Waals surface area (Å²) in [7, 11) is 0. The van der Waals surface area contributed by atoms with E-state index in [1.165, 1.54) is 34.9 Å². The molecule has 0 aliphatic carbocycles. The molecule has 1 amide bonds. The maximum atomic E-state index is 13.0. The topological polar surface area (TPSA) is 95.9 Å². The Labute approximate surface area is 192 Å². The van der Waals surface area contributed by atoms with Gasteiger partial charge in [0, 0.05) is 13.2 Å². The number of benzene rings is 1. The van der Waals surface area contributed by atoms with Gasteiger partial charge in [-0.1, -0.05) is 12.1 Å². The third kappa shape index (κ3) is 7.22. The highest BCUT2D eigenvalue weighted by atomic mass is 32.1. The predicted molar refractivity (Wildman–Crippen MR) is 118 cm³/mol. The smallest absolute Gasteiger partial charge is 0.387 e. The van der Waals surface area contributed by atoms with E-state index in [1.807, 2.05) is 0 Å². The first-order valence-corrected chi connectivity index (χ1v) is 11.2. The van der Waals surface area contributed by atoms with Crippen molar-refractivity contribution in [2.45, 2.75) is 39.0 Å². The van der Waals surface area contributed by atoms with Gasteiger partial charge < -0.3 is 19.5 Å². The quantitative estimate of drug-likeness (QED) is 0.536. The number of carbonyl (C=O) groups excluding carboxylic acids is 2. The Kier molecular flexibility index (Phi) is 8.72. The number of nitrogens with one attached hydrogen (secondary N) is 1. The zero-order valence-electron chi connectivity index (χ0n) is 17.9. The van der Waals surface area contributed by atoms with Gasteiger partial charge in [0.05, 0.1) is 23.3 Å². The summed E-state index contributed by atoms with van der Waals surface area (Å²) in [4.78, 5) is 37.4. The number of nitrogens with zero attached hydrogens (tertiary/aromatic N) is 1. The van der Waals surface area contributed by atoms with E-state index in [0.717, 1.165) is 24.2 Å². The average molecular weight is 483 g/mol. The number of ether oxygens (including phenoxy) is 3. The van der Waals surface area contributed by atoms with Crippen LogP contribution in [0.25, 0.3) is 12.2 Å². The molecule has 1 aromatic heterocycles. The number of carbonyl (C=O) groups is 2. The van der Waals surface area contributed by atoms with Crippen LogP contribution in [-0.2, 0) is 25.6 Å². The molecule has 1 unspecified atom stereocenters. The van der Waals surface area contributed by atoms with Gasteiger partial charge in [0.15, 0.2) is 0 Å². The number of hydrogen-bond donors (Lipinski definition) is 1. The van der Waals surface area contributed by atoms with Crippen molar-refractivity contribution >= 4 is 35.4 Å². The van der Waals surface area contributed by atoms with E-state index in [1.54, 1.807) is 13.0 Å². The number of amides is 1. The predicted octanol–water partition coefficient (Wildman–Crippen LogP) is 0.979. The summed E-state index contributed by atoms with van der Waals surface area (Å²) >= 11 is 1.02. The summed E-state index contributed by atoms with van der Waals surface area (Å²) in [6, 6.07) is 5.75. The van der Waals surface area contributed by atoms with E-state index < -0.39 is 18.1 Å². The highest BCUT2D eigenvalue weighted by molar-refractivity contribution is 7.07. The van der Waals surface area contributed by atoms with Crippen LogP contribution >= 0.6 is 11.3 Å². The molecule has 2 heterocycles. The third-order valence-electron chi connectivity index (χ3n) is 4.72.